The maximum Gasteiger partial charge on any atom is 0.163 e. The van der Waals surface area contributed by atoms with E-state index in [0.717, 1.165) is 24.8 Å². The molecule has 1 aliphatic rings. The van der Waals surface area contributed by atoms with Gasteiger partial charge in [-0.3, -0.25) is 4.79 Å². The van der Waals surface area contributed by atoms with E-state index in [-0.39, 0.29) is 11.5 Å². The van der Waals surface area contributed by atoms with Crippen molar-refractivity contribution in [3.8, 4) is 0 Å². The van der Waals surface area contributed by atoms with Crippen molar-refractivity contribution in [1.29, 1.82) is 0 Å². The Hall–Kier alpha value is -2.80. The number of pyridine rings is 1. The van der Waals surface area contributed by atoms with Crippen LogP contribution in [-0.4, -0.2) is 28.5 Å². The maximum atomic E-state index is 13.3. The molecule has 28 heavy (non-hydrogen) atoms. The third-order valence-electron chi connectivity index (χ3n) is 4.49. The van der Waals surface area contributed by atoms with Crippen LogP contribution < -0.4 is 5.32 Å². The topological polar surface area (TPSA) is 56.1 Å². The Morgan fingerprint density at radius 2 is 1.82 bits per heavy atom. The van der Waals surface area contributed by atoms with Gasteiger partial charge in [0, 0.05) is 49.8 Å². The van der Waals surface area contributed by atoms with Crippen LogP contribution in [0.4, 0.5) is 20.3 Å². The van der Waals surface area contributed by atoms with E-state index in [0.29, 0.717) is 16.8 Å². The van der Waals surface area contributed by atoms with E-state index in [9.17, 15) is 13.6 Å². The lowest BCUT2D eigenvalue weighted by atomic mass is 10.1. The summed E-state index contributed by atoms with van der Waals surface area (Å²) < 4.78 is 33.4. The smallest absolute Gasteiger partial charge is 0.163 e. The average molecular weight is 387 g/mol. The summed E-state index contributed by atoms with van der Waals surface area (Å²) in [6, 6.07) is 4.96. The second-order valence-electron chi connectivity index (χ2n) is 6.72. The third kappa shape index (κ3) is 4.72. The van der Waals surface area contributed by atoms with Crippen molar-refractivity contribution in [2.45, 2.75) is 26.2 Å². The van der Waals surface area contributed by atoms with E-state index in [1.807, 2.05) is 11.6 Å². The highest BCUT2D eigenvalue weighted by Gasteiger charge is 2.14. The first-order valence-electron chi connectivity index (χ1n) is 9.21. The highest BCUT2D eigenvalue weighted by Crippen LogP contribution is 2.28. The van der Waals surface area contributed by atoms with Crippen LogP contribution >= 0.6 is 0 Å². The molecule has 2 aromatic heterocycles. The molecule has 3 aromatic rings. The van der Waals surface area contributed by atoms with E-state index < -0.39 is 11.6 Å². The lowest BCUT2D eigenvalue weighted by molar-refractivity contribution is 0.0968. The van der Waals surface area contributed by atoms with Crippen molar-refractivity contribution in [1.82, 2.24) is 9.55 Å². The molecular weight excluding hydrogens is 364 g/mol. The van der Waals surface area contributed by atoms with Gasteiger partial charge < -0.3 is 14.6 Å². The Morgan fingerprint density at radius 1 is 1.14 bits per heavy atom. The largest absolute Gasteiger partial charge is 0.381 e. The van der Waals surface area contributed by atoms with Crippen LogP contribution in [0.5, 0.6) is 0 Å². The molecule has 0 saturated carbocycles. The molecule has 0 atom stereocenters. The zero-order valence-corrected chi connectivity index (χ0v) is 16.0. The highest BCUT2D eigenvalue weighted by molar-refractivity contribution is 6.08. The van der Waals surface area contributed by atoms with E-state index in [1.54, 1.807) is 12.3 Å². The summed E-state index contributed by atoms with van der Waals surface area (Å²) in [7, 11) is 1.82. The third-order valence-corrected chi connectivity index (χ3v) is 4.49. The van der Waals surface area contributed by atoms with Gasteiger partial charge in [0.25, 0.3) is 0 Å². The molecule has 7 heteroatoms. The molecule has 5 nitrogen and oxygen atoms in total. The first kappa shape index (κ1) is 19.9. The molecule has 148 valence electrons. The molecule has 1 aliphatic heterocycles. The number of ether oxygens (including phenoxy) is 1. The van der Waals surface area contributed by atoms with Gasteiger partial charge in [0.15, 0.2) is 5.78 Å². The van der Waals surface area contributed by atoms with Crippen LogP contribution in [0, 0.1) is 11.6 Å². The van der Waals surface area contributed by atoms with Crippen molar-refractivity contribution in [3.63, 3.8) is 0 Å². The molecule has 0 radical (unpaired) electrons. The van der Waals surface area contributed by atoms with Gasteiger partial charge in [-0.2, -0.15) is 0 Å². The number of aryl methyl sites for hydroxylation is 1. The monoisotopic (exact) mass is 387 g/mol. The van der Waals surface area contributed by atoms with Gasteiger partial charge in [0.1, 0.15) is 17.5 Å². The number of hydrogen-bond donors (Lipinski definition) is 1. The SMILES string of the molecule is C1CCOCC1.CC(=O)c1cnc(Nc2cc(F)cc(F)c2)c2ccn(C)c12. The molecule has 0 amide bonds. The van der Waals surface area contributed by atoms with Gasteiger partial charge in [0.05, 0.1) is 11.1 Å². The molecule has 1 aromatic carbocycles. The fraction of sp³-hybridized carbons (Fsp3) is 0.333. The second kappa shape index (κ2) is 8.93. The summed E-state index contributed by atoms with van der Waals surface area (Å²) in [4.78, 5) is 15.9. The molecule has 0 spiro atoms. The maximum absolute atomic E-state index is 13.3. The van der Waals surface area contributed by atoms with Crippen LogP contribution in [0.3, 0.4) is 0 Å². The summed E-state index contributed by atoms with van der Waals surface area (Å²) in [5.41, 5.74) is 1.48. The van der Waals surface area contributed by atoms with E-state index in [2.05, 4.69) is 10.3 Å². The molecule has 4 rings (SSSR count). The van der Waals surface area contributed by atoms with Crippen LogP contribution in [-0.2, 0) is 11.8 Å². The van der Waals surface area contributed by atoms with Gasteiger partial charge in [-0.05, 0) is 44.4 Å². The standard InChI is InChI=1S/C16H13F2N3O.C5H10O/c1-9(22)14-8-19-16(13-3-4-21(2)15(13)14)20-12-6-10(17)5-11(18)7-12;1-2-4-6-5-3-1/h3-8H,1-2H3,(H,19,20);1-5H2. The van der Waals surface area contributed by atoms with Crippen molar-refractivity contribution < 1.29 is 18.3 Å². The molecule has 1 fully saturated rings. The molecular formula is C21H23F2N3O2. The van der Waals surface area contributed by atoms with Crippen molar-refractivity contribution >= 4 is 28.2 Å². The summed E-state index contributed by atoms with van der Waals surface area (Å²) in [6.07, 6.45) is 7.19. The fourth-order valence-electron chi connectivity index (χ4n) is 3.12. The van der Waals surface area contributed by atoms with Crippen LogP contribution in [0.15, 0.2) is 36.7 Å². The summed E-state index contributed by atoms with van der Waals surface area (Å²) in [5.74, 6) is -1.01. The van der Waals surface area contributed by atoms with Crippen LogP contribution in [0.25, 0.3) is 10.9 Å². The van der Waals surface area contributed by atoms with E-state index in [1.165, 1.54) is 44.5 Å². The number of carbonyl (C=O) groups excluding carboxylic acids is 1. The van der Waals surface area contributed by atoms with E-state index >= 15 is 0 Å². The predicted molar refractivity (Wildman–Crippen MR) is 105 cm³/mol. The van der Waals surface area contributed by atoms with Crippen LogP contribution in [0.1, 0.15) is 36.5 Å². The average Bonchev–Trinajstić information content (AvgIpc) is 3.05. The Balaban J connectivity index is 0.000000320. The Labute approximate surface area is 162 Å². The Morgan fingerprint density at radius 3 is 2.36 bits per heavy atom. The number of halogens is 2. The number of anilines is 2. The van der Waals surface area contributed by atoms with E-state index in [4.69, 9.17) is 4.74 Å². The number of hydrogen-bond acceptors (Lipinski definition) is 4. The van der Waals surface area contributed by atoms with Crippen molar-refractivity contribution in [3.05, 3.63) is 53.9 Å². The summed E-state index contributed by atoms with van der Waals surface area (Å²) >= 11 is 0. The van der Waals surface area contributed by atoms with Crippen molar-refractivity contribution in [2.75, 3.05) is 18.5 Å². The second-order valence-corrected chi connectivity index (χ2v) is 6.72. The first-order chi connectivity index (χ1) is 13.5. The number of nitrogens with one attached hydrogen (secondary N) is 1. The quantitative estimate of drug-likeness (QED) is 0.644. The Bertz CT molecular complexity index is 949. The summed E-state index contributed by atoms with van der Waals surface area (Å²) in [6.45, 7) is 3.47. The number of rotatable bonds is 3. The first-order valence-corrected chi connectivity index (χ1v) is 9.21. The normalized spacial score (nSPS) is 13.7. The zero-order chi connectivity index (χ0) is 20.1. The lowest BCUT2D eigenvalue weighted by Crippen LogP contribution is -2.03. The predicted octanol–water partition coefficient (Wildman–Crippen LogP) is 4.98. The number of ketones is 1. The highest BCUT2D eigenvalue weighted by atomic mass is 19.1. The van der Waals surface area contributed by atoms with Gasteiger partial charge in [-0.15, -0.1) is 0 Å². The molecule has 0 bridgehead atoms. The van der Waals surface area contributed by atoms with Gasteiger partial charge in [-0.25, -0.2) is 13.8 Å². The lowest BCUT2D eigenvalue weighted by Gasteiger charge is -2.10. The van der Waals surface area contributed by atoms with Crippen LogP contribution in [0.2, 0.25) is 0 Å². The number of carbonyl (C=O) groups is 1. The van der Waals surface area contributed by atoms with Gasteiger partial charge >= 0.3 is 0 Å². The minimum absolute atomic E-state index is 0.0948. The van der Waals surface area contributed by atoms with Crippen molar-refractivity contribution in [2.24, 2.45) is 7.05 Å². The number of aromatic nitrogens is 2. The summed E-state index contributed by atoms with van der Waals surface area (Å²) in [5, 5.41) is 3.60. The number of fused-ring (bicyclic) bond motifs is 1. The number of benzene rings is 1. The zero-order valence-electron chi connectivity index (χ0n) is 16.0. The number of Topliss-reactive ketones (excluding diaryl/α,β-unsaturated/α-hetero) is 1. The fourth-order valence-corrected chi connectivity index (χ4v) is 3.12. The minimum atomic E-state index is -0.674. The molecule has 0 aliphatic carbocycles. The number of nitrogens with zero attached hydrogens (tertiary/aromatic N) is 2. The Kier molecular flexibility index (Phi) is 6.36. The molecule has 1 saturated heterocycles. The minimum Gasteiger partial charge on any atom is -0.381 e. The molecule has 1 N–H and O–H groups in total. The molecule has 3 heterocycles. The van der Waals surface area contributed by atoms with Gasteiger partial charge in [0.2, 0.25) is 0 Å². The molecule has 0 unspecified atom stereocenters. The van der Waals surface area contributed by atoms with Gasteiger partial charge in [-0.1, -0.05) is 0 Å².